The van der Waals surface area contributed by atoms with E-state index in [2.05, 4.69) is 5.32 Å². The fourth-order valence-electron chi connectivity index (χ4n) is 2.43. The Labute approximate surface area is 111 Å². The van der Waals surface area contributed by atoms with Gasteiger partial charge in [0.2, 0.25) is 5.91 Å². The molecule has 0 aromatic rings. The lowest BCUT2D eigenvalue weighted by Gasteiger charge is -2.31. The monoisotopic (exact) mass is 272 g/mol. The standard InChI is InChI=1S/C12H20N2O3S/c15-11(14-5-2-1-3-6-14)8-10-13-9(12(16)17)4-7-18-10/h9-10,13H,1-8H2,(H,16,17). The molecule has 2 rings (SSSR count). The highest BCUT2D eigenvalue weighted by Gasteiger charge is 2.29. The molecule has 5 nitrogen and oxygen atoms in total. The molecule has 0 radical (unpaired) electrons. The average molecular weight is 272 g/mol. The van der Waals surface area contributed by atoms with Crippen LogP contribution in [0, 0.1) is 0 Å². The summed E-state index contributed by atoms with van der Waals surface area (Å²) in [6, 6.07) is -0.495. The van der Waals surface area contributed by atoms with E-state index in [0.717, 1.165) is 31.7 Å². The summed E-state index contributed by atoms with van der Waals surface area (Å²) in [4.78, 5) is 24.9. The third-order valence-corrected chi connectivity index (χ3v) is 4.66. The molecule has 2 fully saturated rings. The fraction of sp³-hybridized carbons (Fsp3) is 0.833. The number of aliphatic carboxylic acids is 1. The van der Waals surface area contributed by atoms with Crippen molar-refractivity contribution < 1.29 is 14.7 Å². The lowest BCUT2D eigenvalue weighted by atomic mass is 10.1. The van der Waals surface area contributed by atoms with Gasteiger partial charge in [-0.2, -0.15) is 0 Å². The number of hydrogen-bond acceptors (Lipinski definition) is 4. The molecule has 2 aliphatic heterocycles. The van der Waals surface area contributed by atoms with Crippen molar-refractivity contribution in [1.82, 2.24) is 10.2 Å². The average Bonchev–Trinajstić information content (AvgIpc) is 2.40. The molecule has 2 heterocycles. The first-order valence-electron chi connectivity index (χ1n) is 6.55. The summed E-state index contributed by atoms with van der Waals surface area (Å²) in [5.74, 6) is 0.151. The first-order valence-corrected chi connectivity index (χ1v) is 7.60. The van der Waals surface area contributed by atoms with Crippen LogP contribution >= 0.6 is 11.8 Å². The third kappa shape index (κ3) is 3.62. The van der Waals surface area contributed by atoms with Crippen LogP contribution in [0.5, 0.6) is 0 Å². The van der Waals surface area contributed by atoms with Crippen molar-refractivity contribution in [3.8, 4) is 0 Å². The molecule has 1 amide bonds. The second-order valence-electron chi connectivity index (χ2n) is 4.85. The summed E-state index contributed by atoms with van der Waals surface area (Å²) in [5, 5.41) is 12.0. The van der Waals surface area contributed by atoms with E-state index in [0.29, 0.717) is 12.8 Å². The molecule has 0 aromatic heterocycles. The SMILES string of the molecule is O=C(O)C1CCSC(CC(=O)N2CCCCC2)N1. The van der Waals surface area contributed by atoms with Gasteiger partial charge in [0.1, 0.15) is 6.04 Å². The Morgan fingerprint density at radius 1 is 1.28 bits per heavy atom. The summed E-state index contributed by atoms with van der Waals surface area (Å²) < 4.78 is 0. The predicted molar refractivity (Wildman–Crippen MR) is 70.5 cm³/mol. The number of carboxylic acids is 1. The van der Waals surface area contributed by atoms with Gasteiger partial charge in [-0.25, -0.2) is 0 Å². The van der Waals surface area contributed by atoms with Crippen LogP contribution in [0.4, 0.5) is 0 Å². The number of likely N-dealkylation sites (tertiary alicyclic amines) is 1. The van der Waals surface area contributed by atoms with Crippen molar-refractivity contribution in [2.75, 3.05) is 18.8 Å². The van der Waals surface area contributed by atoms with E-state index in [1.165, 1.54) is 6.42 Å². The van der Waals surface area contributed by atoms with E-state index in [9.17, 15) is 9.59 Å². The number of carbonyl (C=O) groups excluding carboxylic acids is 1. The zero-order valence-corrected chi connectivity index (χ0v) is 11.2. The summed E-state index contributed by atoms with van der Waals surface area (Å²) in [6.07, 6.45) is 4.44. The molecule has 0 aromatic carbocycles. The van der Waals surface area contributed by atoms with E-state index < -0.39 is 12.0 Å². The topological polar surface area (TPSA) is 69.6 Å². The van der Waals surface area contributed by atoms with Crippen molar-refractivity contribution in [3.63, 3.8) is 0 Å². The van der Waals surface area contributed by atoms with Crippen molar-refractivity contribution >= 4 is 23.6 Å². The van der Waals surface area contributed by atoms with Crippen LogP contribution < -0.4 is 5.32 Å². The van der Waals surface area contributed by atoms with Crippen LogP contribution in [0.1, 0.15) is 32.1 Å². The molecule has 0 spiro atoms. The lowest BCUT2D eigenvalue weighted by Crippen LogP contribution is -2.48. The van der Waals surface area contributed by atoms with Gasteiger partial charge in [-0.05, 0) is 31.4 Å². The summed E-state index contributed by atoms with van der Waals surface area (Å²) in [7, 11) is 0. The van der Waals surface area contributed by atoms with Gasteiger partial charge >= 0.3 is 5.97 Å². The minimum atomic E-state index is -0.814. The van der Waals surface area contributed by atoms with Crippen molar-refractivity contribution in [2.24, 2.45) is 0 Å². The number of piperidine rings is 1. The zero-order valence-electron chi connectivity index (χ0n) is 10.4. The molecule has 18 heavy (non-hydrogen) atoms. The van der Waals surface area contributed by atoms with E-state index in [1.54, 1.807) is 11.8 Å². The number of nitrogens with zero attached hydrogens (tertiary/aromatic N) is 1. The Morgan fingerprint density at radius 2 is 2.00 bits per heavy atom. The van der Waals surface area contributed by atoms with Gasteiger partial charge in [0.05, 0.1) is 11.8 Å². The number of rotatable bonds is 3. The largest absolute Gasteiger partial charge is 0.480 e. The van der Waals surface area contributed by atoms with Gasteiger partial charge in [-0.3, -0.25) is 14.9 Å². The van der Waals surface area contributed by atoms with E-state index in [1.807, 2.05) is 4.90 Å². The highest BCUT2D eigenvalue weighted by atomic mass is 32.2. The number of amides is 1. The maximum Gasteiger partial charge on any atom is 0.320 e. The second kappa shape index (κ2) is 6.43. The van der Waals surface area contributed by atoms with Gasteiger partial charge in [0.15, 0.2) is 0 Å². The number of hydrogen-bond donors (Lipinski definition) is 2. The van der Waals surface area contributed by atoms with Crippen LogP contribution in [0.25, 0.3) is 0 Å². The van der Waals surface area contributed by atoms with Crippen molar-refractivity contribution in [3.05, 3.63) is 0 Å². The highest BCUT2D eigenvalue weighted by molar-refractivity contribution is 7.99. The summed E-state index contributed by atoms with van der Waals surface area (Å²) in [5.41, 5.74) is 0. The number of carboxylic acid groups (broad SMARTS) is 1. The van der Waals surface area contributed by atoms with Crippen LogP contribution in [0.15, 0.2) is 0 Å². The molecule has 2 N–H and O–H groups in total. The van der Waals surface area contributed by atoms with Crippen LogP contribution in [-0.4, -0.2) is 52.1 Å². The maximum atomic E-state index is 12.1. The van der Waals surface area contributed by atoms with Crippen LogP contribution in [0.2, 0.25) is 0 Å². The van der Waals surface area contributed by atoms with Crippen LogP contribution in [0.3, 0.4) is 0 Å². The Bertz CT molecular complexity index is 318. The molecule has 2 atom stereocenters. The number of thioether (sulfide) groups is 1. The number of carbonyl (C=O) groups is 2. The van der Waals surface area contributed by atoms with E-state index >= 15 is 0 Å². The highest BCUT2D eigenvalue weighted by Crippen LogP contribution is 2.22. The van der Waals surface area contributed by atoms with Crippen LogP contribution in [-0.2, 0) is 9.59 Å². The summed E-state index contributed by atoms with van der Waals surface area (Å²) in [6.45, 7) is 1.72. The van der Waals surface area contributed by atoms with Crippen molar-refractivity contribution in [1.29, 1.82) is 0 Å². The Morgan fingerprint density at radius 3 is 2.67 bits per heavy atom. The van der Waals surface area contributed by atoms with Gasteiger partial charge in [-0.15, -0.1) is 11.8 Å². The molecule has 0 saturated carbocycles. The Hall–Kier alpha value is -0.750. The molecule has 2 aliphatic rings. The Balaban J connectivity index is 1.81. The first-order chi connectivity index (χ1) is 8.66. The molecular formula is C12H20N2O3S. The molecule has 2 unspecified atom stereocenters. The Kier molecular flexibility index (Phi) is 4.88. The van der Waals surface area contributed by atoms with Gasteiger partial charge in [-0.1, -0.05) is 0 Å². The van der Waals surface area contributed by atoms with Gasteiger partial charge in [0, 0.05) is 13.1 Å². The lowest BCUT2D eigenvalue weighted by molar-refractivity contribution is -0.140. The van der Waals surface area contributed by atoms with E-state index in [-0.39, 0.29) is 11.3 Å². The zero-order chi connectivity index (χ0) is 13.0. The van der Waals surface area contributed by atoms with Crippen molar-refractivity contribution in [2.45, 2.75) is 43.5 Å². The van der Waals surface area contributed by atoms with Gasteiger partial charge in [0.25, 0.3) is 0 Å². The molecule has 0 bridgehead atoms. The minimum absolute atomic E-state index is 0.0470. The predicted octanol–water partition coefficient (Wildman–Crippen LogP) is 0.895. The quantitative estimate of drug-likeness (QED) is 0.798. The smallest absolute Gasteiger partial charge is 0.320 e. The molecule has 102 valence electrons. The fourth-order valence-corrected chi connectivity index (χ4v) is 3.60. The minimum Gasteiger partial charge on any atom is -0.480 e. The number of nitrogens with one attached hydrogen (secondary N) is 1. The summed E-state index contributed by atoms with van der Waals surface area (Å²) >= 11 is 1.65. The third-order valence-electron chi connectivity index (χ3n) is 3.48. The second-order valence-corrected chi connectivity index (χ2v) is 6.16. The van der Waals surface area contributed by atoms with Gasteiger partial charge < -0.3 is 10.0 Å². The molecular weight excluding hydrogens is 252 g/mol. The normalized spacial score (nSPS) is 29.0. The van der Waals surface area contributed by atoms with E-state index in [4.69, 9.17) is 5.11 Å². The maximum absolute atomic E-state index is 12.1. The molecule has 0 aliphatic carbocycles. The molecule has 2 saturated heterocycles. The molecule has 6 heteroatoms. The first kappa shape index (κ1) is 13.7.